The molecule has 1 fully saturated rings. The Hall–Kier alpha value is -3.14. The Balaban J connectivity index is 1.61. The molecular weight excluding hydrogens is 438 g/mol. The molecule has 0 radical (unpaired) electrons. The maximum atomic E-state index is 13.5. The van der Waals surface area contributed by atoms with Gasteiger partial charge >= 0.3 is 0 Å². The van der Waals surface area contributed by atoms with Crippen molar-refractivity contribution in [2.24, 2.45) is 24.6 Å². The van der Waals surface area contributed by atoms with Gasteiger partial charge in [0.05, 0.1) is 11.6 Å². The zero-order valence-corrected chi connectivity index (χ0v) is 20.1. The molecule has 33 heavy (non-hydrogen) atoms. The van der Waals surface area contributed by atoms with Crippen molar-refractivity contribution in [3.8, 4) is 11.1 Å². The van der Waals surface area contributed by atoms with Crippen molar-refractivity contribution in [3.63, 3.8) is 0 Å². The molecule has 0 aliphatic heterocycles. The lowest BCUT2D eigenvalue weighted by Crippen LogP contribution is -2.32. The molecule has 3 aromatic heterocycles. The number of carbonyl (C=O) groups is 2. The van der Waals surface area contributed by atoms with Gasteiger partial charge in [0.1, 0.15) is 17.2 Å². The maximum Gasteiger partial charge on any atom is 0.268 e. The number of aryl methyl sites for hydroxylation is 3. The fraction of sp³-hybridized carbons (Fsp3) is 0.478. The number of aromatic nitrogens is 5. The van der Waals surface area contributed by atoms with Gasteiger partial charge in [-0.05, 0) is 62.2 Å². The monoisotopic (exact) mass is 467 g/mol. The zero-order valence-electron chi connectivity index (χ0n) is 19.3. The molecule has 2 amide bonds. The number of amides is 2. The normalized spacial score (nSPS) is 19.3. The molecule has 3 heterocycles. The van der Waals surface area contributed by atoms with E-state index in [4.69, 9.17) is 5.73 Å². The van der Waals surface area contributed by atoms with E-state index in [1.165, 1.54) is 16.2 Å². The lowest BCUT2D eigenvalue weighted by atomic mass is 9.74. The van der Waals surface area contributed by atoms with Gasteiger partial charge in [-0.2, -0.15) is 4.37 Å². The van der Waals surface area contributed by atoms with E-state index in [9.17, 15) is 9.59 Å². The minimum absolute atomic E-state index is 0.0532. The van der Waals surface area contributed by atoms with Crippen LogP contribution in [0, 0.1) is 25.7 Å². The minimum Gasteiger partial charge on any atom is -0.364 e. The first-order valence-electron chi connectivity index (χ1n) is 11.2. The molecule has 9 nitrogen and oxygen atoms in total. The van der Waals surface area contributed by atoms with Crippen LogP contribution in [0.5, 0.6) is 0 Å². The molecule has 10 heteroatoms. The predicted octanol–water partition coefficient (Wildman–Crippen LogP) is 3.60. The summed E-state index contributed by atoms with van der Waals surface area (Å²) in [6, 6.07) is 3.72. The topological polar surface area (TPSA) is 129 Å². The Morgan fingerprint density at radius 1 is 1.21 bits per heavy atom. The molecule has 1 aliphatic rings. The molecular formula is C23H29N7O2S. The van der Waals surface area contributed by atoms with Gasteiger partial charge in [-0.1, -0.05) is 25.0 Å². The molecule has 3 aromatic rings. The third-order valence-corrected chi connectivity index (χ3v) is 7.38. The van der Waals surface area contributed by atoms with E-state index in [0.29, 0.717) is 17.4 Å². The molecule has 0 spiro atoms. The molecule has 0 bridgehead atoms. The Morgan fingerprint density at radius 3 is 2.52 bits per heavy atom. The Bertz CT molecular complexity index is 1140. The standard InChI is InChI=1S/C23H29N7O2S/c1-12-5-7-15(8-6-12)19(20-21(22(24)31)30(4)29-27-20)23(32)26-17-10-9-16(11-25-17)18-13(2)28-33-14(18)3/h9-12,15,19H,5-8H2,1-4H3,(H2,24,31)(H,25,26,32). The molecule has 1 atom stereocenters. The average molecular weight is 468 g/mol. The molecule has 4 rings (SSSR count). The first kappa shape index (κ1) is 23.0. The SMILES string of the molecule is Cc1nsc(C)c1-c1ccc(NC(=O)C(c2nnn(C)c2C(N)=O)C2CCC(C)CC2)nc1. The number of anilines is 1. The largest absolute Gasteiger partial charge is 0.364 e. The van der Waals surface area contributed by atoms with Crippen molar-refractivity contribution in [2.45, 2.75) is 52.4 Å². The van der Waals surface area contributed by atoms with E-state index in [1.807, 2.05) is 19.9 Å². The van der Waals surface area contributed by atoms with Crippen molar-refractivity contribution in [1.82, 2.24) is 24.4 Å². The Labute approximate surface area is 197 Å². The van der Waals surface area contributed by atoms with E-state index in [2.05, 4.69) is 31.9 Å². The summed E-state index contributed by atoms with van der Waals surface area (Å²) in [4.78, 5) is 31.2. The molecule has 0 saturated heterocycles. The van der Waals surface area contributed by atoms with E-state index in [0.717, 1.165) is 47.4 Å². The number of hydrogen-bond acceptors (Lipinski definition) is 7. The van der Waals surface area contributed by atoms with Crippen LogP contribution in [0.4, 0.5) is 5.82 Å². The third kappa shape index (κ3) is 4.66. The number of pyridine rings is 1. The van der Waals surface area contributed by atoms with Crippen LogP contribution in [-0.2, 0) is 11.8 Å². The summed E-state index contributed by atoms with van der Waals surface area (Å²) in [5.41, 5.74) is 9.11. The van der Waals surface area contributed by atoms with E-state index >= 15 is 0 Å². The summed E-state index contributed by atoms with van der Waals surface area (Å²) < 4.78 is 5.74. The number of nitrogens with two attached hydrogens (primary N) is 1. The second-order valence-electron chi connectivity index (χ2n) is 8.93. The zero-order chi connectivity index (χ0) is 23.7. The minimum atomic E-state index is -0.642. The van der Waals surface area contributed by atoms with Crippen molar-refractivity contribution in [2.75, 3.05) is 5.32 Å². The number of carbonyl (C=O) groups excluding carboxylic acids is 2. The summed E-state index contributed by atoms with van der Waals surface area (Å²) in [6.45, 7) is 6.23. The van der Waals surface area contributed by atoms with Crippen LogP contribution >= 0.6 is 11.5 Å². The second-order valence-corrected chi connectivity index (χ2v) is 9.91. The summed E-state index contributed by atoms with van der Waals surface area (Å²) in [7, 11) is 1.61. The third-order valence-electron chi connectivity index (χ3n) is 6.53. The maximum absolute atomic E-state index is 13.5. The first-order chi connectivity index (χ1) is 15.8. The number of hydrogen-bond donors (Lipinski definition) is 2. The summed E-state index contributed by atoms with van der Waals surface area (Å²) in [5, 5.41) is 11.1. The van der Waals surface area contributed by atoms with Gasteiger partial charge in [0.15, 0.2) is 0 Å². The average Bonchev–Trinajstić information content (AvgIpc) is 3.32. The molecule has 174 valence electrons. The van der Waals surface area contributed by atoms with Crippen molar-refractivity contribution in [1.29, 1.82) is 0 Å². The molecule has 0 aromatic carbocycles. The Morgan fingerprint density at radius 2 is 1.94 bits per heavy atom. The van der Waals surface area contributed by atoms with E-state index < -0.39 is 11.8 Å². The van der Waals surface area contributed by atoms with Gasteiger partial charge in [-0.3, -0.25) is 9.59 Å². The Kier molecular flexibility index (Phi) is 6.55. The quantitative estimate of drug-likeness (QED) is 0.570. The van der Waals surface area contributed by atoms with Crippen LogP contribution in [0.2, 0.25) is 0 Å². The lowest BCUT2D eigenvalue weighted by Gasteiger charge is -2.31. The smallest absolute Gasteiger partial charge is 0.268 e. The van der Waals surface area contributed by atoms with Crippen LogP contribution in [0.15, 0.2) is 18.3 Å². The summed E-state index contributed by atoms with van der Waals surface area (Å²) in [6.07, 6.45) is 5.56. The lowest BCUT2D eigenvalue weighted by molar-refractivity contribution is -0.119. The van der Waals surface area contributed by atoms with E-state index in [-0.39, 0.29) is 17.5 Å². The van der Waals surface area contributed by atoms with E-state index in [1.54, 1.807) is 19.3 Å². The first-order valence-corrected chi connectivity index (χ1v) is 11.9. The highest BCUT2D eigenvalue weighted by atomic mass is 32.1. The molecule has 1 aliphatic carbocycles. The number of primary amides is 1. The number of nitrogens with zero attached hydrogens (tertiary/aromatic N) is 5. The highest BCUT2D eigenvalue weighted by Gasteiger charge is 2.37. The number of nitrogens with one attached hydrogen (secondary N) is 1. The highest BCUT2D eigenvalue weighted by molar-refractivity contribution is 7.06. The summed E-state index contributed by atoms with van der Waals surface area (Å²) in [5.74, 6) is -0.395. The molecule has 3 N–H and O–H groups in total. The van der Waals surface area contributed by atoms with Crippen molar-refractivity contribution >= 4 is 29.2 Å². The van der Waals surface area contributed by atoms with Gasteiger partial charge in [0.25, 0.3) is 5.91 Å². The van der Waals surface area contributed by atoms with Crippen molar-refractivity contribution < 1.29 is 9.59 Å². The van der Waals surface area contributed by atoms with Crippen LogP contribution < -0.4 is 11.1 Å². The molecule has 1 unspecified atom stereocenters. The van der Waals surface area contributed by atoms with Gasteiger partial charge in [0.2, 0.25) is 5.91 Å². The highest BCUT2D eigenvalue weighted by Crippen LogP contribution is 2.39. The fourth-order valence-electron chi connectivity index (χ4n) is 4.76. The predicted molar refractivity (Wildman–Crippen MR) is 127 cm³/mol. The van der Waals surface area contributed by atoms with Gasteiger partial charge in [-0.15, -0.1) is 5.10 Å². The van der Waals surface area contributed by atoms with Crippen LogP contribution in [0.25, 0.3) is 11.1 Å². The van der Waals surface area contributed by atoms with Gasteiger partial charge < -0.3 is 11.1 Å². The number of rotatable bonds is 6. The van der Waals surface area contributed by atoms with Gasteiger partial charge in [-0.25, -0.2) is 9.67 Å². The van der Waals surface area contributed by atoms with Crippen LogP contribution in [-0.4, -0.2) is 36.2 Å². The molecule has 1 saturated carbocycles. The summed E-state index contributed by atoms with van der Waals surface area (Å²) >= 11 is 1.46. The van der Waals surface area contributed by atoms with Gasteiger partial charge in [0, 0.05) is 29.2 Å². The fourth-order valence-corrected chi connectivity index (χ4v) is 5.49. The van der Waals surface area contributed by atoms with Crippen molar-refractivity contribution in [3.05, 3.63) is 40.3 Å². The van der Waals surface area contributed by atoms with Crippen LogP contribution in [0.3, 0.4) is 0 Å². The second kappa shape index (κ2) is 9.38. The van der Waals surface area contributed by atoms with Crippen LogP contribution in [0.1, 0.15) is 65.3 Å².